The quantitative estimate of drug-likeness (QED) is 0.188. The minimum absolute atomic E-state index is 0.0209. The number of hydrogen-bond donors (Lipinski definition) is 1. The summed E-state index contributed by atoms with van der Waals surface area (Å²) in [5.41, 5.74) is 3.68. The molecular weight excluding hydrogens is 593 g/mol. The Labute approximate surface area is 268 Å². The van der Waals surface area contributed by atoms with Crippen LogP contribution in [-0.4, -0.2) is 66.9 Å². The molecular formula is C35H43F3N6O2. The predicted molar refractivity (Wildman–Crippen MR) is 175 cm³/mol. The van der Waals surface area contributed by atoms with Crippen molar-refractivity contribution in [3.63, 3.8) is 0 Å². The van der Waals surface area contributed by atoms with Crippen molar-refractivity contribution >= 4 is 22.5 Å². The highest BCUT2D eigenvalue weighted by atomic mass is 19.4. The molecule has 0 atom stereocenters. The van der Waals surface area contributed by atoms with Crippen molar-refractivity contribution < 1.29 is 22.6 Å². The van der Waals surface area contributed by atoms with Crippen LogP contribution in [0.3, 0.4) is 0 Å². The summed E-state index contributed by atoms with van der Waals surface area (Å²) in [7, 11) is 3.77. The summed E-state index contributed by atoms with van der Waals surface area (Å²) in [6.07, 6.45) is 4.66. The summed E-state index contributed by atoms with van der Waals surface area (Å²) >= 11 is 0. The van der Waals surface area contributed by atoms with E-state index in [1.807, 2.05) is 13.1 Å². The van der Waals surface area contributed by atoms with Gasteiger partial charge in [-0.05, 0) is 75.4 Å². The number of hydrogen-bond acceptors (Lipinski definition) is 7. The van der Waals surface area contributed by atoms with Gasteiger partial charge in [0, 0.05) is 62.1 Å². The number of ether oxygens (including phenoxy) is 2. The highest BCUT2D eigenvalue weighted by Gasteiger charge is 2.35. The molecule has 6 rings (SSSR count). The van der Waals surface area contributed by atoms with Crippen LogP contribution in [0.15, 0.2) is 42.5 Å². The van der Waals surface area contributed by atoms with Crippen LogP contribution in [-0.2, 0) is 10.9 Å². The third kappa shape index (κ3) is 6.94. The first kappa shape index (κ1) is 32.1. The maximum Gasteiger partial charge on any atom is 0.433 e. The number of aromatic nitrogens is 4. The summed E-state index contributed by atoms with van der Waals surface area (Å²) in [6, 6.07) is 12.8. The van der Waals surface area contributed by atoms with Gasteiger partial charge in [-0.1, -0.05) is 19.3 Å². The second-order valence-corrected chi connectivity index (χ2v) is 12.8. The maximum atomic E-state index is 13.9. The monoisotopic (exact) mass is 636 g/mol. The number of nitrogens with zero attached hydrogens (tertiary/aromatic N) is 5. The van der Waals surface area contributed by atoms with Gasteiger partial charge in [0.2, 0.25) is 5.88 Å². The zero-order chi connectivity index (χ0) is 32.3. The zero-order valence-electron chi connectivity index (χ0n) is 26.9. The van der Waals surface area contributed by atoms with Crippen LogP contribution in [0.25, 0.3) is 33.8 Å². The number of alkyl halides is 3. The number of rotatable bonds is 10. The van der Waals surface area contributed by atoms with E-state index in [0.717, 1.165) is 68.2 Å². The minimum atomic E-state index is -4.64. The van der Waals surface area contributed by atoms with Crippen LogP contribution in [0.2, 0.25) is 0 Å². The molecule has 0 amide bonds. The minimum Gasteiger partial charge on any atom is -0.478 e. The molecule has 3 aromatic heterocycles. The van der Waals surface area contributed by atoms with Crippen molar-refractivity contribution in [3.05, 3.63) is 48.2 Å². The first-order valence-electron chi connectivity index (χ1n) is 16.4. The molecule has 2 fully saturated rings. The van der Waals surface area contributed by atoms with Crippen LogP contribution >= 0.6 is 0 Å². The fourth-order valence-corrected chi connectivity index (χ4v) is 7.10. The average molecular weight is 637 g/mol. The molecule has 1 saturated carbocycles. The Kier molecular flexibility index (Phi) is 9.40. The first-order chi connectivity index (χ1) is 22.2. The summed E-state index contributed by atoms with van der Waals surface area (Å²) in [5, 5.41) is 0. The molecule has 0 bridgehead atoms. The van der Waals surface area contributed by atoms with E-state index in [0.29, 0.717) is 23.8 Å². The molecule has 2 aliphatic rings. The smallest absolute Gasteiger partial charge is 0.433 e. The topological polar surface area (TPSA) is 79.4 Å². The van der Waals surface area contributed by atoms with Crippen LogP contribution < -0.4 is 14.5 Å². The van der Waals surface area contributed by atoms with Gasteiger partial charge in [-0.2, -0.15) is 13.2 Å². The number of halogens is 3. The molecule has 0 spiro atoms. The molecule has 0 unspecified atom stereocenters. The number of methoxy groups -OCH3 is 1. The first-order valence-corrected chi connectivity index (χ1v) is 16.4. The maximum absolute atomic E-state index is 13.9. The van der Waals surface area contributed by atoms with Gasteiger partial charge in [-0.3, -0.25) is 0 Å². The molecule has 1 saturated heterocycles. The summed E-state index contributed by atoms with van der Waals surface area (Å²) < 4.78 is 52.8. The van der Waals surface area contributed by atoms with E-state index >= 15 is 0 Å². The number of piperidine rings is 1. The van der Waals surface area contributed by atoms with Crippen molar-refractivity contribution in [2.24, 2.45) is 5.41 Å². The number of anilines is 2. The Morgan fingerprint density at radius 3 is 2.30 bits per heavy atom. The van der Waals surface area contributed by atoms with Crippen LogP contribution in [0.4, 0.5) is 24.5 Å². The molecule has 1 aromatic carbocycles. The van der Waals surface area contributed by atoms with E-state index in [2.05, 4.69) is 44.0 Å². The average Bonchev–Trinajstić information content (AvgIpc) is 3.49. The van der Waals surface area contributed by atoms with Gasteiger partial charge < -0.3 is 24.3 Å². The van der Waals surface area contributed by atoms with Gasteiger partial charge in [0.15, 0.2) is 5.65 Å². The number of nitrogens with one attached hydrogen (secondary N) is 1. The molecule has 0 radical (unpaired) electrons. The molecule has 1 aliphatic carbocycles. The molecule has 4 aromatic rings. The predicted octanol–water partition coefficient (Wildman–Crippen LogP) is 8.13. The summed E-state index contributed by atoms with van der Waals surface area (Å²) in [6.45, 7) is 5.40. The van der Waals surface area contributed by atoms with Gasteiger partial charge in [0.1, 0.15) is 17.0 Å². The Bertz CT molecular complexity index is 1620. The molecule has 46 heavy (non-hydrogen) atoms. The lowest BCUT2D eigenvalue weighted by Crippen LogP contribution is -2.40. The largest absolute Gasteiger partial charge is 0.478 e. The number of pyridine rings is 2. The van der Waals surface area contributed by atoms with Gasteiger partial charge in [-0.15, -0.1) is 0 Å². The normalized spacial score (nSPS) is 17.0. The molecule has 4 heterocycles. The van der Waals surface area contributed by atoms with Crippen molar-refractivity contribution in [2.45, 2.75) is 64.5 Å². The van der Waals surface area contributed by atoms with E-state index in [4.69, 9.17) is 19.4 Å². The summed E-state index contributed by atoms with van der Waals surface area (Å²) in [4.78, 5) is 21.5. The number of imidazole rings is 1. The van der Waals surface area contributed by atoms with Gasteiger partial charge in [0.25, 0.3) is 0 Å². The Hall–Kier alpha value is -3.86. The third-order valence-electron chi connectivity index (χ3n) is 9.33. The van der Waals surface area contributed by atoms with Crippen molar-refractivity contribution in [3.8, 4) is 28.5 Å². The Balaban J connectivity index is 1.44. The van der Waals surface area contributed by atoms with E-state index in [1.165, 1.54) is 37.4 Å². The van der Waals surface area contributed by atoms with E-state index in [-0.39, 0.29) is 23.5 Å². The zero-order valence-corrected chi connectivity index (χ0v) is 26.9. The highest BCUT2D eigenvalue weighted by Crippen LogP contribution is 2.40. The summed E-state index contributed by atoms with van der Waals surface area (Å²) in [5.74, 6) is 0.561. The standard InChI is InChI=1S/C35H43F3N6O2/c1-4-46-30-20-25(19-29(40-30)35(36,37)38)27-21-28(43(2)22-34(23-45-3)15-7-5-8-16-34)31-33(39-27)42-32(41-31)24-11-13-26(14-12-24)44-17-9-6-10-18-44/h11-14,19-21H,4-10,15-18,22-23H2,1-3H3,(H,39,41,42). The van der Waals surface area contributed by atoms with E-state index < -0.39 is 11.9 Å². The lowest BCUT2D eigenvalue weighted by atomic mass is 9.74. The SMILES string of the molecule is CCOc1cc(-c2cc(N(C)CC3(COC)CCCCC3)c3[nH]c(-c4ccc(N5CCCCC5)cc4)nc3n2)cc(C(F)(F)F)n1. The molecule has 1 aliphatic heterocycles. The number of fused-ring (bicyclic) bond motifs is 1. The van der Waals surface area contributed by atoms with Crippen LogP contribution in [0.1, 0.15) is 64.0 Å². The van der Waals surface area contributed by atoms with E-state index in [9.17, 15) is 13.2 Å². The second kappa shape index (κ2) is 13.5. The van der Waals surface area contributed by atoms with Gasteiger partial charge in [-0.25, -0.2) is 15.0 Å². The molecule has 8 nitrogen and oxygen atoms in total. The number of aromatic amines is 1. The fourth-order valence-electron chi connectivity index (χ4n) is 7.10. The molecule has 11 heteroatoms. The Morgan fingerprint density at radius 2 is 1.63 bits per heavy atom. The van der Waals surface area contributed by atoms with Crippen molar-refractivity contribution in [2.75, 3.05) is 56.8 Å². The highest BCUT2D eigenvalue weighted by molar-refractivity contribution is 5.91. The van der Waals surface area contributed by atoms with Gasteiger partial charge in [0.05, 0.1) is 24.6 Å². The van der Waals surface area contributed by atoms with Crippen molar-refractivity contribution in [1.29, 1.82) is 0 Å². The van der Waals surface area contributed by atoms with E-state index in [1.54, 1.807) is 14.0 Å². The second-order valence-electron chi connectivity index (χ2n) is 12.8. The fraction of sp³-hybridized carbons (Fsp3) is 0.514. The molecule has 246 valence electrons. The van der Waals surface area contributed by atoms with Crippen LogP contribution in [0, 0.1) is 5.41 Å². The lowest BCUT2D eigenvalue weighted by Gasteiger charge is -2.40. The number of benzene rings is 1. The van der Waals surface area contributed by atoms with Gasteiger partial charge >= 0.3 is 6.18 Å². The Morgan fingerprint density at radius 1 is 0.913 bits per heavy atom. The molecule has 1 N–H and O–H groups in total. The van der Waals surface area contributed by atoms with Crippen LogP contribution in [0.5, 0.6) is 5.88 Å². The lowest BCUT2D eigenvalue weighted by molar-refractivity contribution is -0.141. The third-order valence-corrected chi connectivity index (χ3v) is 9.33. The van der Waals surface area contributed by atoms with Crippen molar-refractivity contribution in [1.82, 2.24) is 19.9 Å². The number of H-pyrrole nitrogens is 1.